The average molecular weight is 382 g/mol. The van der Waals surface area contributed by atoms with Crippen LogP contribution in [0.25, 0.3) is 0 Å². The predicted molar refractivity (Wildman–Crippen MR) is 102 cm³/mol. The number of hydrogen-bond acceptors (Lipinski definition) is 3. The number of fused-ring (bicyclic) bond motifs is 2. The van der Waals surface area contributed by atoms with Crippen LogP contribution >= 0.6 is 0 Å². The van der Waals surface area contributed by atoms with Gasteiger partial charge in [-0.3, -0.25) is 9.78 Å². The normalized spacial score (nSPS) is 17.7. The molecule has 1 N–H and O–H groups in total. The fraction of sp³-hybridized carbons (Fsp3) is 0.381. The minimum absolute atomic E-state index is 0.0510. The second-order valence-corrected chi connectivity index (χ2v) is 7.21. The summed E-state index contributed by atoms with van der Waals surface area (Å²) in [6.07, 6.45) is 2.79. The quantitative estimate of drug-likeness (QED) is 0.884. The lowest BCUT2D eigenvalue weighted by Crippen LogP contribution is -2.54. The van der Waals surface area contributed by atoms with Crippen LogP contribution in [0.15, 0.2) is 48.7 Å². The number of halogens is 1. The minimum atomic E-state index is -0.615. The number of hydrogen-bond donors (Lipinski definition) is 1. The number of benzene rings is 1. The fourth-order valence-electron chi connectivity index (χ4n) is 4.29. The molecule has 146 valence electrons. The largest absolute Gasteiger partial charge is 0.334 e. The van der Waals surface area contributed by atoms with E-state index in [2.05, 4.69) is 10.3 Å². The van der Waals surface area contributed by atoms with Gasteiger partial charge in [-0.1, -0.05) is 30.3 Å². The molecule has 1 spiro atoms. The number of carbonyl (C=O) groups is 2. The second-order valence-electron chi connectivity index (χ2n) is 7.21. The van der Waals surface area contributed by atoms with Gasteiger partial charge in [0, 0.05) is 25.8 Å². The predicted octanol–water partition coefficient (Wildman–Crippen LogP) is 2.71. The van der Waals surface area contributed by atoms with Crippen molar-refractivity contribution in [3.05, 3.63) is 65.5 Å². The van der Waals surface area contributed by atoms with Gasteiger partial charge in [-0.25, -0.2) is 9.18 Å². The van der Waals surface area contributed by atoms with Gasteiger partial charge in [0.1, 0.15) is 6.67 Å². The Labute approximate surface area is 163 Å². The first kappa shape index (κ1) is 18.4. The molecule has 0 radical (unpaired) electrons. The third-order valence-electron chi connectivity index (χ3n) is 5.71. The fourth-order valence-corrected chi connectivity index (χ4v) is 4.29. The summed E-state index contributed by atoms with van der Waals surface area (Å²) in [6.45, 7) is 0.912. The molecule has 0 atom stereocenters. The van der Waals surface area contributed by atoms with Gasteiger partial charge in [-0.05, 0) is 30.5 Å². The summed E-state index contributed by atoms with van der Waals surface area (Å²) < 4.78 is 13.2. The van der Waals surface area contributed by atoms with Crippen LogP contribution < -0.4 is 5.32 Å². The third-order valence-corrected chi connectivity index (χ3v) is 5.71. The molecule has 3 heterocycles. The van der Waals surface area contributed by atoms with Crippen LogP contribution in [0.5, 0.6) is 0 Å². The highest BCUT2D eigenvalue weighted by atomic mass is 19.1. The molecule has 4 rings (SSSR count). The van der Waals surface area contributed by atoms with Crippen molar-refractivity contribution in [2.24, 2.45) is 0 Å². The number of urea groups is 1. The van der Waals surface area contributed by atoms with E-state index in [1.807, 2.05) is 30.3 Å². The van der Waals surface area contributed by atoms with Gasteiger partial charge in [0.05, 0.1) is 23.3 Å². The highest BCUT2D eigenvalue weighted by Gasteiger charge is 2.52. The number of rotatable bonds is 4. The molecule has 2 aliphatic rings. The number of pyridine rings is 1. The van der Waals surface area contributed by atoms with E-state index in [1.54, 1.807) is 28.1 Å². The second kappa shape index (κ2) is 7.58. The lowest BCUT2D eigenvalue weighted by atomic mass is 9.84. The van der Waals surface area contributed by atoms with Crippen molar-refractivity contribution < 1.29 is 14.0 Å². The van der Waals surface area contributed by atoms with Crippen LogP contribution in [0, 0.1) is 0 Å². The zero-order chi connectivity index (χ0) is 19.6. The molecule has 28 heavy (non-hydrogen) atoms. The molecule has 2 aliphatic heterocycles. The molecule has 7 heteroatoms. The number of nitrogens with one attached hydrogen (secondary N) is 1. The SMILES string of the molecule is O=C(NCc1ccccc1)N1CCC2(CC1)c1ncccc1C(=O)N2CCF. The molecule has 0 saturated carbocycles. The van der Waals surface area contributed by atoms with Crippen molar-refractivity contribution in [2.45, 2.75) is 24.9 Å². The zero-order valence-corrected chi connectivity index (χ0v) is 15.6. The third kappa shape index (κ3) is 3.10. The summed E-state index contributed by atoms with van der Waals surface area (Å²) in [7, 11) is 0. The number of amides is 3. The molecule has 0 aliphatic carbocycles. The molecule has 0 bridgehead atoms. The number of carbonyl (C=O) groups excluding carboxylic acids is 2. The van der Waals surface area contributed by atoms with Gasteiger partial charge < -0.3 is 15.1 Å². The molecule has 0 unspecified atom stereocenters. The molecule has 1 aromatic heterocycles. The van der Waals surface area contributed by atoms with Crippen LogP contribution in [-0.4, -0.2) is 53.0 Å². The van der Waals surface area contributed by atoms with Gasteiger partial charge in [-0.15, -0.1) is 0 Å². The molecule has 1 saturated heterocycles. The Morgan fingerprint density at radius 3 is 2.61 bits per heavy atom. The lowest BCUT2D eigenvalue weighted by molar-refractivity contribution is 0.0289. The number of nitrogens with zero attached hydrogens (tertiary/aromatic N) is 3. The Morgan fingerprint density at radius 2 is 1.89 bits per heavy atom. The number of aromatic nitrogens is 1. The van der Waals surface area contributed by atoms with Crippen molar-refractivity contribution >= 4 is 11.9 Å². The summed E-state index contributed by atoms with van der Waals surface area (Å²) in [5.74, 6) is -0.164. The Balaban J connectivity index is 1.46. The molecule has 1 aromatic carbocycles. The molecule has 6 nitrogen and oxygen atoms in total. The van der Waals surface area contributed by atoms with Crippen LogP contribution in [-0.2, 0) is 12.1 Å². The van der Waals surface area contributed by atoms with Gasteiger partial charge in [0.25, 0.3) is 5.91 Å². The summed E-state index contributed by atoms with van der Waals surface area (Å²) in [5.41, 5.74) is 1.70. The smallest absolute Gasteiger partial charge is 0.317 e. The summed E-state index contributed by atoms with van der Waals surface area (Å²) >= 11 is 0. The van der Waals surface area contributed by atoms with Crippen LogP contribution in [0.3, 0.4) is 0 Å². The highest BCUT2D eigenvalue weighted by molar-refractivity contribution is 5.99. The number of likely N-dealkylation sites (tertiary alicyclic amines) is 1. The van der Waals surface area contributed by atoms with Crippen molar-refractivity contribution in [3.63, 3.8) is 0 Å². The monoisotopic (exact) mass is 382 g/mol. The minimum Gasteiger partial charge on any atom is -0.334 e. The highest BCUT2D eigenvalue weighted by Crippen LogP contribution is 2.45. The van der Waals surface area contributed by atoms with Crippen molar-refractivity contribution in [1.29, 1.82) is 0 Å². The maximum atomic E-state index is 13.2. The summed E-state index contributed by atoms with van der Waals surface area (Å²) in [5, 5.41) is 2.94. The molecule has 3 amide bonds. The Morgan fingerprint density at radius 1 is 1.14 bits per heavy atom. The topological polar surface area (TPSA) is 65.5 Å². The van der Waals surface area contributed by atoms with Gasteiger partial charge in [0.2, 0.25) is 0 Å². The van der Waals surface area contributed by atoms with Crippen molar-refractivity contribution in [2.75, 3.05) is 26.3 Å². The Bertz CT molecular complexity index is 866. The average Bonchev–Trinajstić information content (AvgIpc) is 2.97. The molecular formula is C21H23FN4O2. The van der Waals surface area contributed by atoms with Gasteiger partial charge in [-0.2, -0.15) is 0 Å². The van der Waals surface area contributed by atoms with E-state index in [-0.39, 0.29) is 18.5 Å². The molecule has 2 aromatic rings. The summed E-state index contributed by atoms with van der Waals surface area (Å²) in [6, 6.07) is 13.1. The van der Waals surface area contributed by atoms with E-state index in [9.17, 15) is 14.0 Å². The van der Waals surface area contributed by atoms with E-state index in [0.29, 0.717) is 38.0 Å². The van der Waals surface area contributed by atoms with Crippen LogP contribution in [0.1, 0.15) is 34.5 Å². The first-order chi connectivity index (χ1) is 13.7. The zero-order valence-electron chi connectivity index (χ0n) is 15.6. The maximum absolute atomic E-state index is 13.2. The molecular weight excluding hydrogens is 359 g/mol. The standard InChI is InChI=1S/C21H23FN4O2/c22-10-14-26-19(27)17-7-4-11-23-18(17)21(26)8-12-25(13-9-21)20(28)24-15-16-5-2-1-3-6-16/h1-7,11H,8-10,12-15H2,(H,24,28). The maximum Gasteiger partial charge on any atom is 0.317 e. The summed E-state index contributed by atoms with van der Waals surface area (Å²) in [4.78, 5) is 33.1. The first-order valence-electron chi connectivity index (χ1n) is 9.56. The molecule has 1 fully saturated rings. The first-order valence-corrected chi connectivity index (χ1v) is 9.56. The van der Waals surface area contributed by atoms with E-state index in [0.717, 1.165) is 11.3 Å². The number of piperidine rings is 1. The van der Waals surface area contributed by atoms with Gasteiger partial charge >= 0.3 is 6.03 Å². The van der Waals surface area contributed by atoms with Crippen molar-refractivity contribution in [1.82, 2.24) is 20.1 Å². The lowest BCUT2D eigenvalue weighted by Gasteiger charge is -2.44. The van der Waals surface area contributed by atoms with Crippen molar-refractivity contribution in [3.8, 4) is 0 Å². The van der Waals surface area contributed by atoms with E-state index in [4.69, 9.17) is 0 Å². The Hall–Kier alpha value is -2.96. The Kier molecular flexibility index (Phi) is 4.98. The van der Waals surface area contributed by atoms with E-state index < -0.39 is 12.2 Å². The van der Waals surface area contributed by atoms with E-state index in [1.165, 1.54) is 0 Å². The number of alkyl halides is 1. The van der Waals surface area contributed by atoms with Crippen LogP contribution in [0.2, 0.25) is 0 Å². The van der Waals surface area contributed by atoms with Gasteiger partial charge in [0.15, 0.2) is 0 Å². The van der Waals surface area contributed by atoms with E-state index >= 15 is 0 Å². The van der Waals surface area contributed by atoms with Crippen LogP contribution in [0.4, 0.5) is 9.18 Å².